The van der Waals surface area contributed by atoms with Crippen molar-refractivity contribution in [3.63, 3.8) is 0 Å². The molecule has 0 spiro atoms. The van der Waals surface area contributed by atoms with Gasteiger partial charge in [0.1, 0.15) is 10.7 Å². The number of nitrogens with zero attached hydrogens (tertiary/aromatic N) is 3. The molecule has 4 rings (SSSR count). The van der Waals surface area contributed by atoms with Crippen molar-refractivity contribution in [2.45, 2.75) is 11.3 Å². The van der Waals surface area contributed by atoms with E-state index in [0.717, 1.165) is 26.8 Å². The van der Waals surface area contributed by atoms with Crippen LogP contribution in [0.25, 0.3) is 0 Å². The predicted molar refractivity (Wildman–Crippen MR) is 134 cm³/mol. The minimum atomic E-state index is -4.24. The number of hydrogen-bond acceptors (Lipinski definition) is 5. The Kier molecular flexibility index (Phi) is 7.69. The monoisotopic (exact) mass is 659 g/mol. The van der Waals surface area contributed by atoms with Gasteiger partial charge < -0.3 is 4.90 Å². The summed E-state index contributed by atoms with van der Waals surface area (Å²) >= 11 is 19.3. The number of sulfonamides is 1. The molecule has 0 amide bonds. The van der Waals surface area contributed by atoms with Crippen LogP contribution >= 0.6 is 66.4 Å². The van der Waals surface area contributed by atoms with Gasteiger partial charge in [0.25, 0.3) is 0 Å². The van der Waals surface area contributed by atoms with Crippen LogP contribution in [0.3, 0.4) is 0 Å². The molecule has 0 atom stereocenters. The summed E-state index contributed by atoms with van der Waals surface area (Å²) in [5, 5.41) is 3.68. The van der Waals surface area contributed by atoms with E-state index >= 15 is 0 Å². The number of halogens is 6. The summed E-state index contributed by atoms with van der Waals surface area (Å²) < 4.78 is 55.2. The highest BCUT2D eigenvalue weighted by atomic mass is 79.9. The smallest absolute Gasteiger partial charge is 0.247 e. The fourth-order valence-electron chi connectivity index (χ4n) is 3.41. The first-order chi connectivity index (χ1) is 15.6. The summed E-state index contributed by atoms with van der Waals surface area (Å²) in [5.41, 5.74) is 1.84. The minimum Gasteiger partial charge on any atom is -0.345 e. The zero-order valence-electron chi connectivity index (χ0n) is 16.7. The normalized spacial score (nSPS) is 15.3. The van der Waals surface area contributed by atoms with Gasteiger partial charge in [0.05, 0.1) is 24.7 Å². The van der Waals surface area contributed by atoms with E-state index < -0.39 is 31.0 Å². The molecule has 2 heterocycles. The molecular formula is C20H15Br2Cl2F2N3O2S2. The molecule has 1 saturated heterocycles. The zero-order valence-corrected chi connectivity index (χ0v) is 23.0. The first kappa shape index (κ1) is 25.3. The van der Waals surface area contributed by atoms with Crippen LogP contribution in [0.5, 0.6) is 0 Å². The molecule has 2 aromatic carbocycles. The molecule has 0 N–H and O–H groups in total. The number of rotatable bonds is 5. The van der Waals surface area contributed by atoms with Gasteiger partial charge in [0, 0.05) is 38.0 Å². The Morgan fingerprint density at radius 3 is 2.42 bits per heavy atom. The van der Waals surface area contributed by atoms with Gasteiger partial charge in [0.15, 0.2) is 10.9 Å². The standard InChI is InChI=1S/C20H15Br2Cl2F2N3O2S2/c21-13-9-16(25)17(22)19(18(13)26)33(30,31)29-5-3-28(4-6-29)20-27-12(10-32-20)7-11-1-2-14(23)15(24)8-11/h1-2,8-10H,3-7H2. The van der Waals surface area contributed by atoms with Gasteiger partial charge in [0.2, 0.25) is 10.0 Å². The molecular weight excluding hydrogens is 647 g/mol. The van der Waals surface area contributed by atoms with Crippen LogP contribution in [-0.2, 0) is 16.4 Å². The van der Waals surface area contributed by atoms with Crippen LogP contribution in [0, 0.1) is 11.6 Å². The number of thiazole rings is 1. The third-order valence-electron chi connectivity index (χ3n) is 5.09. The molecule has 176 valence electrons. The fraction of sp³-hybridized carbons (Fsp3) is 0.250. The lowest BCUT2D eigenvalue weighted by Gasteiger charge is -2.34. The van der Waals surface area contributed by atoms with Crippen molar-refractivity contribution in [2.75, 3.05) is 31.1 Å². The van der Waals surface area contributed by atoms with Crippen LogP contribution in [0.2, 0.25) is 10.0 Å². The number of aromatic nitrogens is 1. The lowest BCUT2D eigenvalue weighted by molar-refractivity contribution is 0.381. The molecule has 1 fully saturated rings. The van der Waals surface area contributed by atoms with Gasteiger partial charge in [-0.25, -0.2) is 22.2 Å². The Balaban J connectivity index is 1.46. The maximum Gasteiger partial charge on any atom is 0.247 e. The molecule has 3 aromatic rings. The van der Waals surface area contributed by atoms with E-state index in [4.69, 9.17) is 23.2 Å². The van der Waals surface area contributed by atoms with Gasteiger partial charge in [-0.15, -0.1) is 11.3 Å². The van der Waals surface area contributed by atoms with E-state index in [1.54, 1.807) is 12.1 Å². The average molecular weight is 662 g/mol. The first-order valence-electron chi connectivity index (χ1n) is 9.54. The van der Waals surface area contributed by atoms with Crippen LogP contribution in [0.4, 0.5) is 13.9 Å². The summed E-state index contributed by atoms with van der Waals surface area (Å²) in [4.78, 5) is 5.92. The average Bonchev–Trinajstić information content (AvgIpc) is 3.23. The van der Waals surface area contributed by atoms with Crippen LogP contribution in [-0.4, -0.2) is 43.9 Å². The van der Waals surface area contributed by atoms with Crippen molar-refractivity contribution in [1.29, 1.82) is 0 Å². The molecule has 0 saturated carbocycles. The van der Waals surface area contributed by atoms with E-state index in [-0.39, 0.29) is 17.6 Å². The summed E-state index contributed by atoms with van der Waals surface area (Å²) in [7, 11) is -4.24. The molecule has 0 bridgehead atoms. The number of anilines is 1. The first-order valence-corrected chi connectivity index (χ1v) is 14.2. The Hall–Kier alpha value is -0.820. The van der Waals surface area contributed by atoms with Crippen molar-refractivity contribution >= 4 is 81.6 Å². The topological polar surface area (TPSA) is 53.5 Å². The van der Waals surface area contributed by atoms with Gasteiger partial charge in [-0.05, 0) is 55.6 Å². The molecule has 1 aliphatic rings. The van der Waals surface area contributed by atoms with Gasteiger partial charge in [-0.3, -0.25) is 0 Å². The number of piperazine rings is 1. The number of hydrogen-bond donors (Lipinski definition) is 0. The second-order valence-electron chi connectivity index (χ2n) is 7.24. The van der Waals surface area contributed by atoms with Crippen molar-refractivity contribution in [2.24, 2.45) is 0 Å². The molecule has 33 heavy (non-hydrogen) atoms. The molecule has 13 heteroatoms. The van der Waals surface area contributed by atoms with Gasteiger partial charge in [-0.1, -0.05) is 29.3 Å². The van der Waals surface area contributed by atoms with Gasteiger partial charge in [-0.2, -0.15) is 4.31 Å². The van der Waals surface area contributed by atoms with Gasteiger partial charge >= 0.3 is 0 Å². The molecule has 1 aliphatic heterocycles. The highest BCUT2D eigenvalue weighted by Crippen LogP contribution is 2.35. The maximum atomic E-state index is 14.6. The molecule has 5 nitrogen and oxygen atoms in total. The van der Waals surface area contributed by atoms with Crippen molar-refractivity contribution in [1.82, 2.24) is 9.29 Å². The number of benzene rings is 2. The summed E-state index contributed by atoms with van der Waals surface area (Å²) in [6, 6.07) is 6.31. The van der Waals surface area contributed by atoms with Crippen LogP contribution < -0.4 is 4.90 Å². The molecule has 0 aliphatic carbocycles. The highest BCUT2D eigenvalue weighted by Gasteiger charge is 2.35. The third kappa shape index (κ3) is 5.24. The van der Waals surface area contributed by atoms with Crippen LogP contribution in [0.1, 0.15) is 11.3 Å². The molecule has 0 radical (unpaired) electrons. The SMILES string of the molecule is O=S(=O)(c1c(F)c(Br)cc(F)c1Br)N1CCN(c2nc(Cc3ccc(Cl)c(Cl)c3)cs2)CC1. The van der Waals surface area contributed by atoms with Crippen molar-refractivity contribution in [3.05, 3.63) is 71.5 Å². The largest absolute Gasteiger partial charge is 0.345 e. The lowest BCUT2D eigenvalue weighted by atomic mass is 10.1. The Morgan fingerprint density at radius 2 is 1.76 bits per heavy atom. The Bertz CT molecular complexity index is 1290. The second-order valence-corrected chi connectivity index (χ2v) is 12.4. The third-order valence-corrected chi connectivity index (χ3v) is 10.3. The Labute approximate surface area is 220 Å². The fourth-order valence-corrected chi connectivity index (χ4v) is 7.60. The lowest BCUT2D eigenvalue weighted by Crippen LogP contribution is -2.49. The highest BCUT2D eigenvalue weighted by molar-refractivity contribution is 9.11. The van der Waals surface area contributed by atoms with Crippen molar-refractivity contribution < 1.29 is 17.2 Å². The minimum absolute atomic E-state index is 0.115. The zero-order chi connectivity index (χ0) is 23.9. The van der Waals surface area contributed by atoms with E-state index in [1.807, 2.05) is 16.3 Å². The second kappa shape index (κ2) is 10.0. The predicted octanol–water partition coefficient (Wildman–Crippen LogP) is 6.35. The van der Waals surface area contributed by atoms with Crippen molar-refractivity contribution in [3.8, 4) is 0 Å². The van der Waals surface area contributed by atoms with E-state index in [0.29, 0.717) is 29.6 Å². The molecule has 0 unspecified atom stereocenters. The van der Waals surface area contributed by atoms with Crippen LogP contribution in [0.15, 0.2) is 43.5 Å². The summed E-state index contributed by atoms with van der Waals surface area (Å²) in [6.07, 6.45) is 0.587. The molecule has 1 aromatic heterocycles. The maximum absolute atomic E-state index is 14.6. The Morgan fingerprint density at radius 1 is 1.06 bits per heavy atom. The summed E-state index contributed by atoms with van der Waals surface area (Å²) in [5.74, 6) is -1.89. The quantitative estimate of drug-likeness (QED) is 0.299. The van der Waals surface area contributed by atoms with E-state index in [2.05, 4.69) is 36.8 Å². The summed E-state index contributed by atoms with van der Waals surface area (Å²) in [6.45, 7) is 0.970. The van der Waals surface area contributed by atoms with E-state index in [1.165, 1.54) is 11.3 Å². The van der Waals surface area contributed by atoms with E-state index in [9.17, 15) is 17.2 Å².